The second kappa shape index (κ2) is 5.79. The zero-order valence-electron chi connectivity index (χ0n) is 12.7. The number of carbonyl (C=O) groups is 1. The van der Waals surface area contributed by atoms with Crippen LogP contribution >= 0.6 is 0 Å². The molecule has 6 heteroatoms. The van der Waals surface area contributed by atoms with Crippen LogP contribution in [0.25, 0.3) is 0 Å². The molecule has 1 aliphatic carbocycles. The van der Waals surface area contributed by atoms with Gasteiger partial charge in [0, 0.05) is 17.2 Å². The van der Waals surface area contributed by atoms with Gasteiger partial charge in [0.05, 0.1) is 0 Å². The number of rotatable bonds is 5. The van der Waals surface area contributed by atoms with Crippen molar-refractivity contribution in [2.24, 2.45) is 5.92 Å². The second-order valence-corrected chi connectivity index (χ2v) is 6.09. The van der Waals surface area contributed by atoms with Gasteiger partial charge in [-0.25, -0.2) is 0 Å². The number of anilines is 1. The van der Waals surface area contributed by atoms with Gasteiger partial charge in [-0.2, -0.15) is 4.98 Å². The van der Waals surface area contributed by atoms with Crippen LogP contribution in [0.2, 0.25) is 0 Å². The van der Waals surface area contributed by atoms with Gasteiger partial charge in [0.25, 0.3) is 5.91 Å². The lowest BCUT2D eigenvalue weighted by molar-refractivity contribution is 0.0914. The van der Waals surface area contributed by atoms with Gasteiger partial charge in [-0.1, -0.05) is 25.1 Å². The Morgan fingerprint density at radius 3 is 2.82 bits per heavy atom. The predicted octanol–water partition coefficient (Wildman–Crippen LogP) is 2.66. The van der Waals surface area contributed by atoms with E-state index in [1.807, 2.05) is 13.8 Å². The van der Waals surface area contributed by atoms with Gasteiger partial charge in [-0.3, -0.25) is 4.79 Å². The van der Waals surface area contributed by atoms with E-state index in [1.165, 1.54) is 0 Å². The van der Waals surface area contributed by atoms with Crippen molar-refractivity contribution in [2.75, 3.05) is 5.73 Å². The number of hydrogen-bond acceptors (Lipinski definition) is 5. The van der Waals surface area contributed by atoms with Gasteiger partial charge in [0.2, 0.25) is 5.89 Å². The Hall–Kier alpha value is -2.37. The molecule has 22 heavy (non-hydrogen) atoms. The highest BCUT2D eigenvalue weighted by Crippen LogP contribution is 2.38. The molecule has 1 heterocycles. The lowest BCUT2D eigenvalue weighted by atomic mass is 10.0. The Bertz CT molecular complexity index is 676. The molecule has 3 rings (SSSR count). The molecule has 1 fully saturated rings. The van der Waals surface area contributed by atoms with E-state index in [0.29, 0.717) is 23.1 Å². The number of nitrogen functional groups attached to an aromatic ring is 1. The first-order valence-electron chi connectivity index (χ1n) is 7.54. The van der Waals surface area contributed by atoms with E-state index >= 15 is 0 Å². The van der Waals surface area contributed by atoms with Crippen LogP contribution in [0.15, 0.2) is 28.8 Å². The first-order valence-corrected chi connectivity index (χ1v) is 7.54. The summed E-state index contributed by atoms with van der Waals surface area (Å²) in [4.78, 5) is 16.8. The molecule has 0 bridgehead atoms. The Morgan fingerprint density at radius 1 is 1.41 bits per heavy atom. The maximum absolute atomic E-state index is 12.4. The number of amides is 1. The van der Waals surface area contributed by atoms with Gasteiger partial charge in [0.1, 0.15) is 6.04 Å². The minimum Gasteiger partial charge on any atom is -0.399 e. The van der Waals surface area contributed by atoms with Crippen LogP contribution in [-0.2, 0) is 0 Å². The summed E-state index contributed by atoms with van der Waals surface area (Å²) >= 11 is 0. The average molecular weight is 300 g/mol. The van der Waals surface area contributed by atoms with Crippen molar-refractivity contribution >= 4 is 11.6 Å². The SMILES string of the molecule is CC(C)C(NC(=O)c1cccc(N)c1)c1nc(C2CC2)no1. The Morgan fingerprint density at radius 2 is 2.18 bits per heavy atom. The van der Waals surface area contributed by atoms with Crippen LogP contribution in [0.3, 0.4) is 0 Å². The Balaban J connectivity index is 1.77. The van der Waals surface area contributed by atoms with Crippen LogP contribution in [0, 0.1) is 5.92 Å². The van der Waals surface area contributed by atoms with Crippen molar-refractivity contribution in [1.29, 1.82) is 0 Å². The number of carbonyl (C=O) groups excluding carboxylic acids is 1. The molecule has 6 nitrogen and oxygen atoms in total. The number of benzene rings is 1. The molecule has 116 valence electrons. The third-order valence-electron chi connectivity index (χ3n) is 3.77. The summed E-state index contributed by atoms with van der Waals surface area (Å²) in [5.74, 6) is 1.58. The fraction of sp³-hybridized carbons (Fsp3) is 0.438. The quantitative estimate of drug-likeness (QED) is 0.828. The predicted molar refractivity (Wildman–Crippen MR) is 82.2 cm³/mol. The van der Waals surface area contributed by atoms with Crippen molar-refractivity contribution in [3.63, 3.8) is 0 Å². The molecule has 0 radical (unpaired) electrons. The van der Waals surface area contributed by atoms with Crippen molar-refractivity contribution in [3.8, 4) is 0 Å². The summed E-state index contributed by atoms with van der Waals surface area (Å²) in [7, 11) is 0. The van der Waals surface area contributed by atoms with Crippen molar-refractivity contribution in [2.45, 2.75) is 38.6 Å². The van der Waals surface area contributed by atoms with Crippen LogP contribution in [0.1, 0.15) is 60.7 Å². The maximum atomic E-state index is 12.4. The number of hydrogen-bond donors (Lipinski definition) is 2. The van der Waals surface area contributed by atoms with E-state index in [-0.39, 0.29) is 17.9 Å². The van der Waals surface area contributed by atoms with E-state index in [9.17, 15) is 4.79 Å². The Labute approximate surface area is 129 Å². The molecule has 1 aromatic carbocycles. The standard InChI is InChI=1S/C16H20N4O2/c1-9(2)13(16-19-14(20-22-16)10-6-7-10)18-15(21)11-4-3-5-12(17)8-11/h3-5,8-10,13H,6-7,17H2,1-2H3,(H,18,21). The van der Waals surface area contributed by atoms with Crippen LogP contribution < -0.4 is 11.1 Å². The maximum Gasteiger partial charge on any atom is 0.252 e. The normalized spacial score (nSPS) is 15.8. The van der Waals surface area contributed by atoms with E-state index < -0.39 is 0 Å². The summed E-state index contributed by atoms with van der Waals surface area (Å²) in [6, 6.07) is 6.57. The van der Waals surface area contributed by atoms with Gasteiger partial charge in [0.15, 0.2) is 5.82 Å². The van der Waals surface area contributed by atoms with Gasteiger partial charge >= 0.3 is 0 Å². The molecule has 0 saturated heterocycles. The molecular weight excluding hydrogens is 280 g/mol. The van der Waals surface area contributed by atoms with E-state index in [2.05, 4.69) is 15.5 Å². The molecule has 1 unspecified atom stereocenters. The van der Waals surface area contributed by atoms with Crippen LogP contribution in [0.4, 0.5) is 5.69 Å². The van der Waals surface area contributed by atoms with Crippen LogP contribution in [-0.4, -0.2) is 16.0 Å². The third-order valence-corrected chi connectivity index (χ3v) is 3.77. The van der Waals surface area contributed by atoms with E-state index in [1.54, 1.807) is 24.3 Å². The molecule has 1 aliphatic rings. The fourth-order valence-electron chi connectivity index (χ4n) is 2.30. The summed E-state index contributed by atoms with van der Waals surface area (Å²) in [6.45, 7) is 4.01. The highest BCUT2D eigenvalue weighted by atomic mass is 16.5. The van der Waals surface area contributed by atoms with Crippen molar-refractivity contribution in [1.82, 2.24) is 15.5 Å². The molecule has 3 N–H and O–H groups in total. The number of nitrogens with one attached hydrogen (secondary N) is 1. The van der Waals surface area contributed by atoms with Crippen LogP contribution in [0.5, 0.6) is 0 Å². The lowest BCUT2D eigenvalue weighted by Gasteiger charge is -2.18. The number of nitrogens with two attached hydrogens (primary N) is 1. The zero-order chi connectivity index (χ0) is 15.7. The first-order chi connectivity index (χ1) is 10.5. The van der Waals surface area contributed by atoms with E-state index in [4.69, 9.17) is 10.3 Å². The lowest BCUT2D eigenvalue weighted by Crippen LogP contribution is -2.32. The molecule has 0 spiro atoms. The summed E-state index contributed by atoms with van der Waals surface area (Å²) in [5, 5.41) is 6.98. The number of aromatic nitrogens is 2. The summed E-state index contributed by atoms with van der Waals surface area (Å²) < 4.78 is 5.35. The second-order valence-electron chi connectivity index (χ2n) is 6.09. The molecule has 1 saturated carbocycles. The largest absolute Gasteiger partial charge is 0.399 e. The monoisotopic (exact) mass is 300 g/mol. The molecule has 1 atom stereocenters. The minimum absolute atomic E-state index is 0.137. The Kier molecular flexibility index (Phi) is 3.83. The summed E-state index contributed by atoms with van der Waals surface area (Å²) in [5.41, 5.74) is 6.80. The van der Waals surface area contributed by atoms with Crippen molar-refractivity contribution < 1.29 is 9.32 Å². The highest BCUT2D eigenvalue weighted by molar-refractivity contribution is 5.95. The zero-order valence-corrected chi connectivity index (χ0v) is 12.7. The van der Waals surface area contributed by atoms with Gasteiger partial charge in [-0.15, -0.1) is 0 Å². The van der Waals surface area contributed by atoms with E-state index in [0.717, 1.165) is 18.7 Å². The molecule has 1 amide bonds. The van der Waals surface area contributed by atoms with Gasteiger partial charge < -0.3 is 15.6 Å². The van der Waals surface area contributed by atoms with Gasteiger partial charge in [-0.05, 0) is 37.0 Å². The highest BCUT2D eigenvalue weighted by Gasteiger charge is 2.31. The fourth-order valence-corrected chi connectivity index (χ4v) is 2.30. The third kappa shape index (κ3) is 3.10. The molecule has 1 aromatic heterocycles. The molecular formula is C16H20N4O2. The minimum atomic E-state index is -0.311. The first kappa shape index (κ1) is 14.6. The van der Waals surface area contributed by atoms with Crippen molar-refractivity contribution in [3.05, 3.63) is 41.5 Å². The number of nitrogens with zero attached hydrogens (tertiary/aromatic N) is 2. The molecule has 2 aromatic rings. The molecule has 0 aliphatic heterocycles. The summed E-state index contributed by atoms with van der Waals surface area (Å²) in [6.07, 6.45) is 2.22. The smallest absolute Gasteiger partial charge is 0.252 e. The average Bonchev–Trinajstić information content (AvgIpc) is 3.22. The topological polar surface area (TPSA) is 94.0 Å².